The molecule has 0 aliphatic carbocycles. The van der Waals surface area contributed by atoms with Crippen molar-refractivity contribution in [1.82, 2.24) is 13.9 Å². The van der Waals surface area contributed by atoms with Gasteiger partial charge in [0.15, 0.2) is 0 Å². The number of sulfonamides is 1. The third-order valence-corrected chi connectivity index (χ3v) is 7.01. The van der Waals surface area contributed by atoms with E-state index in [0.717, 1.165) is 6.20 Å². The molecule has 0 bridgehead atoms. The molecular formula is C21H22N4O6S. The molecule has 0 atom stereocenters. The number of benzene rings is 2. The number of nitrogens with one attached hydrogen (secondary N) is 1. The van der Waals surface area contributed by atoms with Crippen LogP contribution < -0.4 is 15.6 Å². The Balaban J connectivity index is 1.60. The van der Waals surface area contributed by atoms with Crippen LogP contribution in [0.4, 0.5) is 5.69 Å². The Labute approximate surface area is 184 Å². The predicted octanol–water partition coefficient (Wildman–Crippen LogP) is 1.06. The second-order valence-electron chi connectivity index (χ2n) is 7.10. The lowest BCUT2D eigenvalue weighted by Crippen LogP contribution is -2.40. The van der Waals surface area contributed by atoms with E-state index in [1.807, 2.05) is 0 Å². The quantitative estimate of drug-likeness (QED) is 0.587. The van der Waals surface area contributed by atoms with Crippen molar-refractivity contribution in [3.8, 4) is 5.75 Å². The van der Waals surface area contributed by atoms with Gasteiger partial charge in [-0.2, -0.15) is 4.31 Å². The number of hydrogen-bond donors (Lipinski definition) is 1. The molecule has 4 rings (SSSR count). The van der Waals surface area contributed by atoms with Crippen molar-refractivity contribution in [3.63, 3.8) is 0 Å². The maximum Gasteiger partial charge on any atom is 0.269 e. The summed E-state index contributed by atoms with van der Waals surface area (Å²) in [5, 5.41) is 2.67. The van der Waals surface area contributed by atoms with Crippen LogP contribution in [0.1, 0.15) is 0 Å². The Morgan fingerprint density at radius 1 is 1.19 bits per heavy atom. The summed E-state index contributed by atoms with van der Waals surface area (Å²) in [5.74, 6) is -0.311. The van der Waals surface area contributed by atoms with Gasteiger partial charge in [0.05, 0.1) is 37.6 Å². The summed E-state index contributed by atoms with van der Waals surface area (Å²) in [4.78, 5) is 29.0. The highest BCUT2D eigenvalue weighted by atomic mass is 32.2. The fraction of sp³-hybridized carbons (Fsp3) is 0.286. The number of anilines is 1. The van der Waals surface area contributed by atoms with Crippen LogP contribution in [0.3, 0.4) is 0 Å². The zero-order valence-electron chi connectivity index (χ0n) is 17.4. The normalized spacial score (nSPS) is 14.9. The molecule has 1 aromatic heterocycles. The number of fused-ring (bicyclic) bond motifs is 1. The minimum atomic E-state index is -3.84. The van der Waals surface area contributed by atoms with E-state index in [4.69, 9.17) is 9.47 Å². The largest absolute Gasteiger partial charge is 0.495 e. The molecule has 2 aromatic carbocycles. The second-order valence-corrected chi connectivity index (χ2v) is 9.01. The van der Waals surface area contributed by atoms with Crippen molar-refractivity contribution in [1.29, 1.82) is 0 Å². The van der Waals surface area contributed by atoms with Crippen LogP contribution in [0.25, 0.3) is 11.0 Å². The topological polar surface area (TPSA) is 120 Å². The van der Waals surface area contributed by atoms with Gasteiger partial charge in [0, 0.05) is 18.8 Å². The van der Waals surface area contributed by atoms with Crippen LogP contribution in [-0.2, 0) is 26.1 Å². The monoisotopic (exact) mass is 458 g/mol. The Morgan fingerprint density at radius 2 is 1.94 bits per heavy atom. The standard InChI is InChI=1S/C21H22N4O6S/c1-30-18-7-6-15(12-19(18)32(28,29)24-8-10-31-11-9-24)23-20(26)14-25-17-5-3-2-4-16(17)22-13-21(25)27/h2-7,12-13H,8-11,14H2,1H3,(H,23,26). The van der Waals surface area contributed by atoms with E-state index >= 15 is 0 Å². The first kappa shape index (κ1) is 21.9. The molecule has 10 nitrogen and oxygen atoms in total. The summed E-state index contributed by atoms with van der Waals surface area (Å²) >= 11 is 0. The molecule has 1 aliphatic heterocycles. The SMILES string of the molecule is COc1ccc(NC(=O)Cn2c(=O)cnc3ccccc32)cc1S(=O)(=O)N1CCOCC1. The van der Waals surface area contributed by atoms with Crippen molar-refractivity contribution < 1.29 is 22.7 Å². The summed E-state index contributed by atoms with van der Waals surface area (Å²) in [7, 11) is -2.46. The van der Waals surface area contributed by atoms with Crippen molar-refractivity contribution in [3.05, 3.63) is 59.0 Å². The fourth-order valence-corrected chi connectivity index (χ4v) is 5.09. The van der Waals surface area contributed by atoms with E-state index in [2.05, 4.69) is 10.3 Å². The maximum atomic E-state index is 13.1. The summed E-state index contributed by atoms with van der Waals surface area (Å²) in [5.41, 5.74) is 0.974. The van der Waals surface area contributed by atoms with Crippen LogP contribution in [-0.4, -0.2) is 61.6 Å². The molecule has 1 aliphatic rings. The highest BCUT2D eigenvalue weighted by Gasteiger charge is 2.29. The van der Waals surface area contributed by atoms with Crippen LogP contribution in [0.5, 0.6) is 5.75 Å². The Morgan fingerprint density at radius 3 is 2.69 bits per heavy atom. The summed E-state index contributed by atoms with van der Waals surface area (Å²) in [6, 6.07) is 11.4. The average molecular weight is 458 g/mol. The molecule has 1 fully saturated rings. The van der Waals surface area contributed by atoms with Crippen LogP contribution in [0.15, 0.2) is 58.4 Å². The molecule has 0 spiro atoms. The van der Waals surface area contributed by atoms with Gasteiger partial charge >= 0.3 is 0 Å². The number of methoxy groups -OCH3 is 1. The van der Waals surface area contributed by atoms with E-state index < -0.39 is 21.5 Å². The number of hydrogen-bond acceptors (Lipinski definition) is 7. The number of morpholine rings is 1. The number of rotatable bonds is 6. The Kier molecular flexibility index (Phi) is 6.21. The molecule has 168 valence electrons. The molecule has 1 saturated heterocycles. The van der Waals surface area contributed by atoms with E-state index in [0.29, 0.717) is 24.2 Å². The van der Waals surface area contributed by atoms with Crippen LogP contribution in [0, 0.1) is 0 Å². The fourth-order valence-electron chi connectivity index (χ4n) is 3.50. The average Bonchev–Trinajstić information content (AvgIpc) is 2.81. The third kappa shape index (κ3) is 4.35. The third-order valence-electron chi connectivity index (χ3n) is 5.09. The minimum absolute atomic E-state index is 0.0498. The molecule has 11 heteroatoms. The van der Waals surface area contributed by atoms with Gasteiger partial charge in [-0.15, -0.1) is 0 Å². The van der Waals surface area contributed by atoms with E-state index in [-0.39, 0.29) is 36.0 Å². The van der Waals surface area contributed by atoms with Gasteiger partial charge in [0.25, 0.3) is 5.56 Å². The van der Waals surface area contributed by atoms with Crippen molar-refractivity contribution in [2.75, 3.05) is 38.7 Å². The molecule has 1 amide bonds. The van der Waals surface area contributed by atoms with Gasteiger partial charge in [-0.1, -0.05) is 12.1 Å². The van der Waals surface area contributed by atoms with Crippen molar-refractivity contribution in [2.24, 2.45) is 0 Å². The van der Waals surface area contributed by atoms with E-state index in [9.17, 15) is 18.0 Å². The molecule has 3 aromatic rings. The number of carbonyl (C=O) groups is 1. The lowest BCUT2D eigenvalue weighted by atomic mass is 10.3. The summed E-state index contributed by atoms with van der Waals surface area (Å²) in [6.07, 6.45) is 1.16. The molecular weight excluding hydrogens is 436 g/mol. The first-order valence-corrected chi connectivity index (χ1v) is 11.3. The molecule has 0 saturated carbocycles. The number of nitrogens with zero attached hydrogens (tertiary/aromatic N) is 3. The van der Waals surface area contributed by atoms with Gasteiger partial charge in [-0.05, 0) is 30.3 Å². The Hall–Kier alpha value is -3.28. The molecule has 2 heterocycles. The summed E-state index contributed by atoms with van der Waals surface area (Å²) in [6.45, 7) is 0.846. The van der Waals surface area contributed by atoms with Crippen molar-refractivity contribution >= 4 is 32.7 Å². The van der Waals surface area contributed by atoms with E-state index in [1.54, 1.807) is 30.3 Å². The minimum Gasteiger partial charge on any atom is -0.495 e. The lowest BCUT2D eigenvalue weighted by molar-refractivity contribution is -0.116. The number of amides is 1. The number of aromatic nitrogens is 2. The van der Waals surface area contributed by atoms with Crippen molar-refractivity contribution in [2.45, 2.75) is 11.4 Å². The smallest absolute Gasteiger partial charge is 0.269 e. The zero-order chi connectivity index (χ0) is 22.7. The first-order chi connectivity index (χ1) is 15.4. The highest BCUT2D eigenvalue weighted by Crippen LogP contribution is 2.30. The van der Waals surface area contributed by atoms with Gasteiger partial charge < -0.3 is 14.8 Å². The zero-order valence-corrected chi connectivity index (χ0v) is 18.2. The molecule has 1 N–H and O–H groups in total. The van der Waals surface area contributed by atoms with Gasteiger partial charge in [0.1, 0.15) is 17.2 Å². The molecule has 32 heavy (non-hydrogen) atoms. The van der Waals surface area contributed by atoms with Gasteiger partial charge in [-0.25, -0.2) is 13.4 Å². The number of para-hydroxylation sites is 2. The second kappa shape index (κ2) is 9.07. The number of carbonyl (C=O) groups excluding carboxylic acids is 1. The number of ether oxygens (including phenoxy) is 2. The van der Waals surface area contributed by atoms with Crippen LogP contribution in [0.2, 0.25) is 0 Å². The molecule has 0 radical (unpaired) electrons. The highest BCUT2D eigenvalue weighted by molar-refractivity contribution is 7.89. The van der Waals surface area contributed by atoms with Crippen LogP contribution >= 0.6 is 0 Å². The molecule has 0 unspecified atom stereocenters. The Bertz CT molecular complexity index is 1320. The first-order valence-electron chi connectivity index (χ1n) is 9.90. The van der Waals surface area contributed by atoms with Gasteiger partial charge in [-0.3, -0.25) is 14.2 Å². The summed E-state index contributed by atoms with van der Waals surface area (Å²) < 4.78 is 39.3. The van der Waals surface area contributed by atoms with Gasteiger partial charge in [0.2, 0.25) is 15.9 Å². The predicted molar refractivity (Wildman–Crippen MR) is 117 cm³/mol. The van der Waals surface area contributed by atoms with E-state index in [1.165, 1.54) is 28.1 Å². The lowest BCUT2D eigenvalue weighted by Gasteiger charge is -2.26. The maximum absolute atomic E-state index is 13.1.